The topological polar surface area (TPSA) is 90.5 Å². The van der Waals surface area contributed by atoms with Crippen molar-refractivity contribution in [2.24, 2.45) is 0 Å². The molecule has 7 heteroatoms. The summed E-state index contributed by atoms with van der Waals surface area (Å²) >= 11 is 0. The normalized spacial score (nSPS) is 9.67. The number of carbonyl (C=O) groups excluding carboxylic acids is 3. The molecule has 114 valence electrons. The second-order valence-corrected chi connectivity index (χ2v) is 4.61. The van der Waals surface area contributed by atoms with Gasteiger partial charge in [0.1, 0.15) is 0 Å². The molecule has 1 aromatic rings. The Balaban J connectivity index is 2.46. The van der Waals surface area contributed by atoms with E-state index in [1.54, 1.807) is 39.3 Å². The third kappa shape index (κ3) is 5.52. The first-order valence-corrected chi connectivity index (χ1v) is 6.47. The summed E-state index contributed by atoms with van der Waals surface area (Å²) < 4.78 is 0. The number of hydrogen-bond acceptors (Lipinski definition) is 3. The fourth-order valence-corrected chi connectivity index (χ4v) is 1.54. The maximum atomic E-state index is 11.6. The summed E-state index contributed by atoms with van der Waals surface area (Å²) in [6.45, 7) is 0.202. The first-order chi connectivity index (χ1) is 9.93. The zero-order valence-corrected chi connectivity index (χ0v) is 12.4. The minimum atomic E-state index is -0.327. The van der Waals surface area contributed by atoms with Crippen molar-refractivity contribution in [2.45, 2.75) is 6.54 Å². The summed E-state index contributed by atoms with van der Waals surface area (Å²) in [5.74, 6) is -0.475. The number of urea groups is 1. The van der Waals surface area contributed by atoms with E-state index in [4.69, 9.17) is 0 Å². The standard InChI is InChI=1S/C14H20N4O3/c1-15-13(20)11-6-4-5-10(7-11)8-16-12(19)9-17-14(21)18(2)3/h4-7H,8-9H2,1-3H3,(H,15,20)(H,16,19)(H,17,21). The van der Waals surface area contributed by atoms with E-state index in [0.29, 0.717) is 12.1 Å². The molecule has 0 aromatic heterocycles. The van der Waals surface area contributed by atoms with Crippen molar-refractivity contribution in [1.82, 2.24) is 20.9 Å². The highest BCUT2D eigenvalue weighted by atomic mass is 16.2. The summed E-state index contributed by atoms with van der Waals surface area (Å²) in [6.07, 6.45) is 0. The molecule has 0 unspecified atom stereocenters. The lowest BCUT2D eigenvalue weighted by Gasteiger charge is -2.12. The van der Waals surface area contributed by atoms with Gasteiger partial charge >= 0.3 is 6.03 Å². The second kappa shape index (κ2) is 7.88. The zero-order valence-electron chi connectivity index (χ0n) is 12.4. The Bertz CT molecular complexity index is 529. The van der Waals surface area contributed by atoms with E-state index in [1.165, 1.54) is 4.90 Å². The molecule has 0 saturated carbocycles. The molecule has 0 fully saturated rings. The van der Waals surface area contributed by atoms with Gasteiger partial charge in [-0.05, 0) is 17.7 Å². The molecule has 0 radical (unpaired) electrons. The van der Waals surface area contributed by atoms with Crippen molar-refractivity contribution in [3.63, 3.8) is 0 Å². The third-order valence-corrected chi connectivity index (χ3v) is 2.71. The number of benzene rings is 1. The van der Waals surface area contributed by atoms with Crippen molar-refractivity contribution in [3.05, 3.63) is 35.4 Å². The van der Waals surface area contributed by atoms with Crippen molar-refractivity contribution in [3.8, 4) is 0 Å². The molecule has 0 heterocycles. The van der Waals surface area contributed by atoms with Crippen LogP contribution in [0.2, 0.25) is 0 Å². The van der Waals surface area contributed by atoms with E-state index in [-0.39, 0.29) is 24.4 Å². The van der Waals surface area contributed by atoms with Crippen LogP contribution in [-0.2, 0) is 11.3 Å². The minimum absolute atomic E-state index is 0.0911. The van der Waals surface area contributed by atoms with Crippen LogP contribution in [0, 0.1) is 0 Å². The molecule has 0 aliphatic carbocycles. The smallest absolute Gasteiger partial charge is 0.317 e. The highest BCUT2D eigenvalue weighted by molar-refractivity contribution is 5.94. The number of nitrogens with zero attached hydrogens (tertiary/aromatic N) is 1. The van der Waals surface area contributed by atoms with Crippen LogP contribution in [0.25, 0.3) is 0 Å². The fourth-order valence-electron chi connectivity index (χ4n) is 1.54. The van der Waals surface area contributed by atoms with Gasteiger partial charge in [-0.25, -0.2) is 4.79 Å². The number of rotatable bonds is 5. The second-order valence-electron chi connectivity index (χ2n) is 4.61. The van der Waals surface area contributed by atoms with Gasteiger partial charge in [-0.1, -0.05) is 12.1 Å². The number of carbonyl (C=O) groups is 3. The Kier molecular flexibility index (Phi) is 6.19. The Morgan fingerprint density at radius 3 is 2.48 bits per heavy atom. The Hall–Kier alpha value is -2.57. The van der Waals surface area contributed by atoms with E-state index < -0.39 is 0 Å². The minimum Gasteiger partial charge on any atom is -0.355 e. The Morgan fingerprint density at radius 2 is 1.86 bits per heavy atom. The van der Waals surface area contributed by atoms with Gasteiger partial charge in [-0.3, -0.25) is 9.59 Å². The maximum Gasteiger partial charge on any atom is 0.317 e. The lowest BCUT2D eigenvalue weighted by atomic mass is 10.1. The highest BCUT2D eigenvalue weighted by Gasteiger charge is 2.07. The summed E-state index contributed by atoms with van der Waals surface area (Å²) in [4.78, 5) is 35.7. The van der Waals surface area contributed by atoms with Gasteiger partial charge < -0.3 is 20.9 Å². The quantitative estimate of drug-likeness (QED) is 0.710. The average molecular weight is 292 g/mol. The van der Waals surface area contributed by atoms with Gasteiger partial charge in [0.2, 0.25) is 5.91 Å². The van der Waals surface area contributed by atoms with Crippen LogP contribution in [0.5, 0.6) is 0 Å². The van der Waals surface area contributed by atoms with Gasteiger partial charge in [0.15, 0.2) is 0 Å². The molecule has 0 aliphatic heterocycles. The monoisotopic (exact) mass is 292 g/mol. The van der Waals surface area contributed by atoms with E-state index in [1.807, 2.05) is 6.07 Å². The summed E-state index contributed by atoms with van der Waals surface area (Å²) in [5, 5.41) is 7.68. The number of nitrogens with one attached hydrogen (secondary N) is 3. The molecule has 0 aliphatic rings. The van der Waals surface area contributed by atoms with E-state index in [0.717, 1.165) is 5.56 Å². The molecular formula is C14H20N4O3. The molecule has 0 atom stereocenters. The van der Waals surface area contributed by atoms with Crippen LogP contribution in [-0.4, -0.2) is 50.4 Å². The van der Waals surface area contributed by atoms with E-state index in [2.05, 4.69) is 16.0 Å². The summed E-state index contributed by atoms with van der Waals surface area (Å²) in [6, 6.07) is 6.64. The highest BCUT2D eigenvalue weighted by Crippen LogP contribution is 2.04. The molecule has 21 heavy (non-hydrogen) atoms. The number of amides is 4. The van der Waals surface area contributed by atoms with Crippen molar-refractivity contribution in [2.75, 3.05) is 27.7 Å². The third-order valence-electron chi connectivity index (χ3n) is 2.71. The van der Waals surface area contributed by atoms with Gasteiger partial charge in [0, 0.05) is 33.3 Å². The van der Waals surface area contributed by atoms with Crippen LogP contribution in [0.4, 0.5) is 4.79 Å². The first kappa shape index (κ1) is 16.5. The lowest BCUT2D eigenvalue weighted by Crippen LogP contribution is -2.41. The van der Waals surface area contributed by atoms with Crippen LogP contribution in [0.1, 0.15) is 15.9 Å². The molecule has 1 rings (SSSR count). The number of hydrogen-bond donors (Lipinski definition) is 3. The summed E-state index contributed by atoms with van der Waals surface area (Å²) in [5.41, 5.74) is 1.34. The maximum absolute atomic E-state index is 11.6. The average Bonchev–Trinajstić information content (AvgIpc) is 2.49. The van der Waals surface area contributed by atoms with Crippen LogP contribution < -0.4 is 16.0 Å². The van der Waals surface area contributed by atoms with Crippen molar-refractivity contribution < 1.29 is 14.4 Å². The molecular weight excluding hydrogens is 272 g/mol. The summed E-state index contributed by atoms with van der Waals surface area (Å²) in [7, 11) is 4.75. The molecule has 1 aromatic carbocycles. The van der Waals surface area contributed by atoms with E-state index >= 15 is 0 Å². The molecule has 7 nitrogen and oxygen atoms in total. The van der Waals surface area contributed by atoms with Gasteiger partial charge in [0.05, 0.1) is 6.54 Å². The molecule has 0 spiro atoms. The SMILES string of the molecule is CNC(=O)c1cccc(CNC(=O)CNC(=O)N(C)C)c1. The van der Waals surface area contributed by atoms with Gasteiger partial charge in [0.25, 0.3) is 5.91 Å². The zero-order chi connectivity index (χ0) is 15.8. The van der Waals surface area contributed by atoms with Crippen LogP contribution in [0.3, 0.4) is 0 Å². The predicted octanol–water partition coefficient (Wildman–Crippen LogP) is -0.0664. The molecule has 0 saturated heterocycles. The largest absolute Gasteiger partial charge is 0.355 e. The lowest BCUT2D eigenvalue weighted by molar-refractivity contribution is -0.120. The Labute approximate surface area is 123 Å². The molecule has 4 amide bonds. The van der Waals surface area contributed by atoms with Crippen molar-refractivity contribution in [1.29, 1.82) is 0 Å². The Morgan fingerprint density at radius 1 is 1.14 bits per heavy atom. The molecule has 3 N–H and O–H groups in total. The van der Waals surface area contributed by atoms with Crippen LogP contribution >= 0.6 is 0 Å². The van der Waals surface area contributed by atoms with Gasteiger partial charge in [-0.2, -0.15) is 0 Å². The van der Waals surface area contributed by atoms with Crippen LogP contribution in [0.15, 0.2) is 24.3 Å². The van der Waals surface area contributed by atoms with Gasteiger partial charge in [-0.15, -0.1) is 0 Å². The molecule has 0 bridgehead atoms. The van der Waals surface area contributed by atoms with Crippen molar-refractivity contribution >= 4 is 17.8 Å². The fraction of sp³-hybridized carbons (Fsp3) is 0.357. The van der Waals surface area contributed by atoms with E-state index in [9.17, 15) is 14.4 Å². The first-order valence-electron chi connectivity index (χ1n) is 6.47. The predicted molar refractivity (Wildman–Crippen MR) is 78.8 cm³/mol.